The molecule has 0 saturated heterocycles. The smallest absolute Gasteiger partial charge is 0.229 e. The number of pyridine rings is 1. The minimum absolute atomic E-state index is 0.0420. The Morgan fingerprint density at radius 2 is 2.00 bits per heavy atom. The Morgan fingerprint density at radius 1 is 1.24 bits per heavy atom. The summed E-state index contributed by atoms with van der Waals surface area (Å²) in [5, 5.41) is 3.96. The van der Waals surface area contributed by atoms with Gasteiger partial charge in [0.2, 0.25) is 5.91 Å². The van der Waals surface area contributed by atoms with Crippen molar-refractivity contribution in [2.75, 3.05) is 17.1 Å². The first-order chi connectivity index (χ1) is 15.9. The van der Waals surface area contributed by atoms with E-state index in [0.717, 1.165) is 47.4 Å². The van der Waals surface area contributed by atoms with Crippen LogP contribution in [-0.4, -0.2) is 27.2 Å². The Morgan fingerprint density at radius 3 is 2.70 bits per heavy atom. The second kappa shape index (κ2) is 10.2. The van der Waals surface area contributed by atoms with Gasteiger partial charge in [-0.15, -0.1) is 0 Å². The molecule has 1 aliphatic rings. The van der Waals surface area contributed by atoms with Gasteiger partial charge in [-0.25, -0.2) is 14.2 Å². The number of aromatic nitrogens is 2. The minimum atomic E-state index is -1.60. The number of anilines is 2. The van der Waals surface area contributed by atoms with E-state index in [1.807, 2.05) is 26.0 Å². The molecule has 0 spiro atoms. The van der Waals surface area contributed by atoms with Gasteiger partial charge in [0, 0.05) is 5.92 Å². The molecular formula is C23H25ClN4O3S2. The number of thiazole rings is 1. The lowest BCUT2D eigenvalue weighted by molar-refractivity contribution is -0.119. The molecule has 1 unspecified atom stereocenters. The van der Waals surface area contributed by atoms with Gasteiger partial charge in [-0.3, -0.25) is 9.52 Å². The maximum atomic E-state index is 13.1. The molecule has 1 fully saturated rings. The highest BCUT2D eigenvalue weighted by Gasteiger charge is 2.24. The number of benzene rings is 1. The number of rotatable bonds is 7. The highest BCUT2D eigenvalue weighted by molar-refractivity contribution is 7.86. The Hall–Kier alpha value is -2.49. The molecule has 1 amide bonds. The molecule has 2 aromatic heterocycles. The Bertz CT molecular complexity index is 1210. The van der Waals surface area contributed by atoms with Crippen LogP contribution >= 0.6 is 22.9 Å². The number of halogens is 1. The van der Waals surface area contributed by atoms with Crippen molar-refractivity contribution in [1.29, 1.82) is 0 Å². The number of methoxy groups -OCH3 is 1. The predicted octanol–water partition coefficient (Wildman–Crippen LogP) is 5.75. The van der Waals surface area contributed by atoms with E-state index in [4.69, 9.17) is 16.3 Å². The SMILES string of the molecule is COc1ccc(-c2sc(NC(=O)C3CCCC3)nc2C)cc1S(=O)Nc1cnc(Cl)c(C)c1. The maximum Gasteiger partial charge on any atom is 0.229 e. The molecule has 0 bridgehead atoms. The van der Waals surface area contributed by atoms with E-state index in [9.17, 15) is 9.00 Å². The van der Waals surface area contributed by atoms with E-state index in [1.54, 1.807) is 12.1 Å². The minimum Gasteiger partial charge on any atom is -0.495 e. The van der Waals surface area contributed by atoms with E-state index >= 15 is 0 Å². The second-order valence-corrected chi connectivity index (χ2v) is 10.5. The molecule has 1 saturated carbocycles. The van der Waals surface area contributed by atoms with Crippen molar-refractivity contribution in [3.05, 3.63) is 46.9 Å². The van der Waals surface area contributed by atoms with Crippen LogP contribution in [0.5, 0.6) is 5.75 Å². The molecule has 0 radical (unpaired) electrons. The van der Waals surface area contributed by atoms with Gasteiger partial charge >= 0.3 is 0 Å². The van der Waals surface area contributed by atoms with Gasteiger partial charge in [-0.2, -0.15) is 0 Å². The molecular weight excluding hydrogens is 480 g/mol. The van der Waals surface area contributed by atoms with Gasteiger partial charge in [0.05, 0.1) is 29.6 Å². The lowest BCUT2D eigenvalue weighted by Gasteiger charge is -2.12. The molecule has 2 N–H and O–H groups in total. The van der Waals surface area contributed by atoms with Crippen molar-refractivity contribution in [3.8, 4) is 16.2 Å². The zero-order valence-electron chi connectivity index (χ0n) is 18.6. The van der Waals surface area contributed by atoms with Crippen molar-refractivity contribution in [1.82, 2.24) is 9.97 Å². The first kappa shape index (κ1) is 23.7. The summed E-state index contributed by atoms with van der Waals surface area (Å²) in [6, 6.07) is 7.29. The number of carbonyl (C=O) groups is 1. The van der Waals surface area contributed by atoms with Gasteiger partial charge < -0.3 is 10.1 Å². The molecule has 7 nitrogen and oxygen atoms in total. The normalized spacial score (nSPS) is 14.8. The van der Waals surface area contributed by atoms with E-state index in [0.29, 0.717) is 26.6 Å². The molecule has 0 aliphatic heterocycles. The van der Waals surface area contributed by atoms with Gasteiger partial charge in [0.25, 0.3) is 0 Å². The lowest BCUT2D eigenvalue weighted by atomic mass is 10.1. The van der Waals surface area contributed by atoms with Crippen LogP contribution in [0, 0.1) is 19.8 Å². The predicted molar refractivity (Wildman–Crippen MR) is 133 cm³/mol. The molecule has 10 heteroatoms. The Balaban J connectivity index is 1.58. The van der Waals surface area contributed by atoms with Crippen LogP contribution in [0.3, 0.4) is 0 Å². The first-order valence-electron chi connectivity index (χ1n) is 10.6. The first-order valence-corrected chi connectivity index (χ1v) is 13.0. The third-order valence-corrected chi connectivity index (χ3v) is 8.26. The fourth-order valence-electron chi connectivity index (χ4n) is 3.85. The van der Waals surface area contributed by atoms with E-state index in [1.165, 1.54) is 24.6 Å². The Kier molecular flexibility index (Phi) is 7.31. The van der Waals surface area contributed by atoms with Gasteiger partial charge in [0.15, 0.2) is 16.1 Å². The van der Waals surface area contributed by atoms with Crippen LogP contribution in [0.25, 0.3) is 10.4 Å². The molecule has 33 heavy (non-hydrogen) atoms. The largest absolute Gasteiger partial charge is 0.495 e. The van der Waals surface area contributed by atoms with Crippen LogP contribution in [0.4, 0.5) is 10.8 Å². The van der Waals surface area contributed by atoms with E-state index in [2.05, 4.69) is 20.0 Å². The number of nitrogens with zero attached hydrogens (tertiary/aromatic N) is 2. The van der Waals surface area contributed by atoms with Crippen LogP contribution in [0.15, 0.2) is 35.4 Å². The number of carbonyl (C=O) groups excluding carboxylic acids is 1. The molecule has 1 atom stereocenters. The van der Waals surface area contributed by atoms with Crippen molar-refractivity contribution < 1.29 is 13.7 Å². The molecule has 4 rings (SSSR count). The average molecular weight is 505 g/mol. The maximum absolute atomic E-state index is 13.1. The summed E-state index contributed by atoms with van der Waals surface area (Å²) in [4.78, 5) is 22.5. The summed E-state index contributed by atoms with van der Waals surface area (Å²) < 4.78 is 21.5. The van der Waals surface area contributed by atoms with Gasteiger partial charge in [0.1, 0.15) is 15.8 Å². The van der Waals surface area contributed by atoms with E-state index < -0.39 is 11.0 Å². The van der Waals surface area contributed by atoms with E-state index in [-0.39, 0.29) is 11.8 Å². The average Bonchev–Trinajstić information content (AvgIpc) is 3.46. The highest BCUT2D eigenvalue weighted by atomic mass is 35.5. The second-order valence-electron chi connectivity index (χ2n) is 7.97. The molecule has 3 aromatic rings. The summed E-state index contributed by atoms with van der Waals surface area (Å²) in [6.07, 6.45) is 5.62. The summed E-state index contributed by atoms with van der Waals surface area (Å²) >= 11 is 7.40. The zero-order chi connectivity index (χ0) is 23.5. The summed E-state index contributed by atoms with van der Waals surface area (Å²) in [5.74, 6) is 0.616. The summed E-state index contributed by atoms with van der Waals surface area (Å²) in [6.45, 7) is 3.73. The summed E-state index contributed by atoms with van der Waals surface area (Å²) in [7, 11) is -0.0591. The number of amides is 1. The van der Waals surface area contributed by atoms with Crippen LogP contribution < -0.4 is 14.8 Å². The molecule has 1 aromatic carbocycles. The fourth-order valence-corrected chi connectivity index (χ4v) is 5.92. The topological polar surface area (TPSA) is 93.2 Å². The molecule has 1 aliphatic carbocycles. The quantitative estimate of drug-likeness (QED) is 0.400. The highest BCUT2D eigenvalue weighted by Crippen LogP contribution is 2.37. The Labute approximate surface area is 204 Å². The van der Waals surface area contributed by atoms with Crippen molar-refractivity contribution in [2.45, 2.75) is 44.4 Å². The number of ether oxygens (including phenoxy) is 1. The lowest BCUT2D eigenvalue weighted by Crippen LogP contribution is -2.20. The zero-order valence-corrected chi connectivity index (χ0v) is 21.0. The third kappa shape index (κ3) is 5.37. The van der Waals surface area contributed by atoms with Crippen molar-refractivity contribution >= 4 is 50.6 Å². The van der Waals surface area contributed by atoms with Crippen LogP contribution in [-0.2, 0) is 15.8 Å². The van der Waals surface area contributed by atoms with Crippen molar-refractivity contribution in [3.63, 3.8) is 0 Å². The standard InChI is InChI=1S/C23H25ClN4O3S2/c1-13-10-17(12-25-21(13)24)28-33(30)19-11-16(8-9-18(19)31-3)20-14(2)26-23(32-20)27-22(29)15-6-4-5-7-15/h8-12,15,28H,4-7H2,1-3H3,(H,26,27,29). The number of nitrogens with one attached hydrogen (secondary N) is 2. The molecule has 2 heterocycles. The number of hydrogen-bond donors (Lipinski definition) is 2. The van der Waals surface area contributed by atoms with Gasteiger partial charge in [-0.05, 0) is 62.1 Å². The summed E-state index contributed by atoms with van der Waals surface area (Å²) in [5.41, 5.74) is 3.03. The van der Waals surface area contributed by atoms with Gasteiger partial charge in [-0.1, -0.05) is 35.8 Å². The third-order valence-electron chi connectivity index (χ3n) is 5.60. The monoisotopic (exact) mass is 504 g/mol. The number of aryl methyl sites for hydroxylation is 2. The van der Waals surface area contributed by atoms with Crippen LogP contribution in [0.1, 0.15) is 36.9 Å². The molecule has 174 valence electrons. The fraction of sp³-hybridized carbons (Fsp3) is 0.348. The number of hydrogen-bond acceptors (Lipinski definition) is 6. The van der Waals surface area contributed by atoms with Crippen molar-refractivity contribution in [2.24, 2.45) is 5.92 Å². The van der Waals surface area contributed by atoms with Crippen LogP contribution in [0.2, 0.25) is 5.15 Å².